The number of nitrogens with one attached hydrogen (secondary N) is 1. The summed E-state index contributed by atoms with van der Waals surface area (Å²) >= 11 is 0. The van der Waals surface area contributed by atoms with Crippen LogP contribution in [0.4, 0.5) is 0 Å². The van der Waals surface area contributed by atoms with E-state index < -0.39 is 23.0 Å². The van der Waals surface area contributed by atoms with Gasteiger partial charge in [-0.1, -0.05) is 19.4 Å². The Morgan fingerprint density at radius 3 is 2.68 bits per heavy atom. The summed E-state index contributed by atoms with van der Waals surface area (Å²) in [6.45, 7) is 2.87. The van der Waals surface area contributed by atoms with Crippen molar-refractivity contribution in [2.24, 2.45) is 11.7 Å². The van der Waals surface area contributed by atoms with Gasteiger partial charge in [-0.05, 0) is 69.0 Å². The molecular formula is C22H32N2O4. The lowest BCUT2D eigenvalue weighted by Crippen LogP contribution is -2.69. The van der Waals surface area contributed by atoms with Gasteiger partial charge < -0.3 is 26.4 Å². The van der Waals surface area contributed by atoms with Crippen molar-refractivity contribution in [1.82, 2.24) is 5.32 Å². The van der Waals surface area contributed by atoms with Crippen LogP contribution in [0.15, 0.2) is 12.1 Å². The van der Waals surface area contributed by atoms with Gasteiger partial charge in [0, 0.05) is 17.0 Å². The maximum absolute atomic E-state index is 12.0. The number of aromatic hydroxyl groups is 1. The summed E-state index contributed by atoms with van der Waals surface area (Å²) in [4.78, 5) is 11.8. The number of phenols is 1. The first-order chi connectivity index (χ1) is 13.3. The zero-order valence-electron chi connectivity index (χ0n) is 16.6. The predicted octanol–water partition coefficient (Wildman–Crippen LogP) is 1.73. The number of aliphatic hydroxyl groups is 2. The third-order valence-electron chi connectivity index (χ3n) is 7.76. The van der Waals surface area contributed by atoms with Gasteiger partial charge in [0.15, 0.2) is 0 Å². The van der Waals surface area contributed by atoms with E-state index in [1.54, 1.807) is 6.07 Å². The molecule has 0 spiro atoms. The molecule has 6 nitrogen and oxygen atoms in total. The molecule has 0 aliphatic heterocycles. The highest BCUT2D eigenvalue weighted by Gasteiger charge is 2.61. The molecule has 1 aromatic rings. The highest BCUT2D eigenvalue weighted by Crippen LogP contribution is 2.57. The summed E-state index contributed by atoms with van der Waals surface area (Å²) in [6.07, 6.45) is 5.70. The van der Waals surface area contributed by atoms with Crippen LogP contribution in [0.5, 0.6) is 5.75 Å². The van der Waals surface area contributed by atoms with E-state index in [9.17, 15) is 20.1 Å². The number of nitrogens with two attached hydrogens (primary N) is 1. The average Bonchev–Trinajstić information content (AvgIpc) is 2.61. The Morgan fingerprint density at radius 1 is 1.32 bits per heavy atom. The van der Waals surface area contributed by atoms with Crippen LogP contribution in [0.25, 0.3) is 0 Å². The molecule has 4 rings (SSSR count). The molecule has 28 heavy (non-hydrogen) atoms. The summed E-state index contributed by atoms with van der Waals surface area (Å²) in [7, 11) is 0. The van der Waals surface area contributed by atoms with E-state index in [0.717, 1.165) is 12.1 Å². The average molecular weight is 389 g/mol. The maximum atomic E-state index is 12.0. The van der Waals surface area contributed by atoms with Crippen LogP contribution in [0.2, 0.25) is 0 Å². The van der Waals surface area contributed by atoms with Crippen LogP contribution in [0.1, 0.15) is 73.4 Å². The molecule has 2 saturated carbocycles. The Morgan fingerprint density at radius 2 is 2.07 bits per heavy atom. The SMILES string of the molecule is CC[C@]12C[C@@H](O)CC[C@@]1(O)[C@H](NCC1CCC1)Cc1ccc(C(N)=O)c(O)c12. The van der Waals surface area contributed by atoms with Crippen molar-refractivity contribution in [1.29, 1.82) is 0 Å². The van der Waals surface area contributed by atoms with Crippen molar-refractivity contribution < 1.29 is 20.1 Å². The molecule has 3 aliphatic rings. The van der Waals surface area contributed by atoms with E-state index in [1.165, 1.54) is 19.3 Å². The smallest absolute Gasteiger partial charge is 0.252 e. The molecule has 0 radical (unpaired) electrons. The van der Waals surface area contributed by atoms with Crippen LogP contribution in [0.3, 0.4) is 0 Å². The molecule has 0 aromatic heterocycles. The van der Waals surface area contributed by atoms with Crippen molar-refractivity contribution in [2.45, 2.75) is 81.5 Å². The Labute approximate surface area is 166 Å². The third kappa shape index (κ3) is 2.77. The molecule has 4 atom stereocenters. The van der Waals surface area contributed by atoms with Crippen LogP contribution < -0.4 is 11.1 Å². The zero-order chi connectivity index (χ0) is 20.1. The molecule has 0 heterocycles. The molecule has 6 N–H and O–H groups in total. The second-order valence-corrected chi connectivity index (χ2v) is 9.08. The first kappa shape index (κ1) is 19.7. The number of rotatable bonds is 5. The van der Waals surface area contributed by atoms with Gasteiger partial charge >= 0.3 is 0 Å². The van der Waals surface area contributed by atoms with E-state index >= 15 is 0 Å². The topological polar surface area (TPSA) is 116 Å². The quantitative estimate of drug-likeness (QED) is 0.527. The van der Waals surface area contributed by atoms with Crippen molar-refractivity contribution in [3.8, 4) is 5.75 Å². The van der Waals surface area contributed by atoms with Gasteiger partial charge in [-0.15, -0.1) is 0 Å². The minimum atomic E-state index is -1.09. The minimum absolute atomic E-state index is 0.0786. The Kier molecular flexibility index (Phi) is 4.92. The molecule has 0 bridgehead atoms. The van der Waals surface area contributed by atoms with Crippen molar-refractivity contribution >= 4 is 5.91 Å². The van der Waals surface area contributed by atoms with Crippen molar-refractivity contribution in [2.75, 3.05) is 6.54 Å². The van der Waals surface area contributed by atoms with Crippen molar-refractivity contribution in [3.63, 3.8) is 0 Å². The summed E-state index contributed by atoms with van der Waals surface area (Å²) < 4.78 is 0. The fraction of sp³-hybridized carbons (Fsp3) is 0.682. The van der Waals surface area contributed by atoms with Gasteiger partial charge in [-0.25, -0.2) is 0 Å². The first-order valence-electron chi connectivity index (χ1n) is 10.6. The zero-order valence-corrected chi connectivity index (χ0v) is 16.6. The molecule has 154 valence electrons. The van der Waals surface area contributed by atoms with E-state index in [1.807, 2.05) is 13.0 Å². The number of benzene rings is 1. The molecule has 1 aromatic carbocycles. The number of carbonyl (C=O) groups excluding carboxylic acids is 1. The van der Waals surface area contributed by atoms with E-state index in [2.05, 4.69) is 5.32 Å². The first-order valence-corrected chi connectivity index (χ1v) is 10.6. The summed E-state index contributed by atoms with van der Waals surface area (Å²) in [6, 6.07) is 3.28. The monoisotopic (exact) mass is 388 g/mol. The molecule has 3 aliphatic carbocycles. The number of hydrogen-bond acceptors (Lipinski definition) is 5. The normalized spacial score (nSPS) is 35.0. The molecular weight excluding hydrogens is 356 g/mol. The Hall–Kier alpha value is -1.63. The Bertz CT molecular complexity index is 778. The highest BCUT2D eigenvalue weighted by molar-refractivity contribution is 5.96. The maximum Gasteiger partial charge on any atom is 0.252 e. The number of aliphatic hydroxyl groups excluding tert-OH is 1. The van der Waals surface area contributed by atoms with Crippen LogP contribution in [-0.2, 0) is 11.8 Å². The summed E-state index contributed by atoms with van der Waals surface area (Å²) in [5.41, 5.74) is 5.17. The van der Waals surface area contributed by atoms with E-state index in [-0.39, 0.29) is 17.4 Å². The highest BCUT2D eigenvalue weighted by atomic mass is 16.3. The van der Waals surface area contributed by atoms with Gasteiger partial charge in [0.25, 0.3) is 5.91 Å². The van der Waals surface area contributed by atoms with Gasteiger partial charge in [0.1, 0.15) is 5.75 Å². The van der Waals surface area contributed by atoms with Crippen LogP contribution in [0, 0.1) is 5.92 Å². The lowest BCUT2D eigenvalue weighted by atomic mass is 9.50. The van der Waals surface area contributed by atoms with Gasteiger partial charge in [-0.2, -0.15) is 0 Å². The molecule has 0 unspecified atom stereocenters. The standard InChI is InChI=1S/C22H32N2O4/c1-2-21-11-15(25)8-9-22(21,28)17(24-12-13-4-3-5-13)10-14-6-7-16(20(23)27)19(26)18(14)21/h6-7,13,15,17,24-26,28H,2-5,8-12H2,1H3,(H2,23,27)/t15-,17+,21+,22+/m0/s1. The predicted molar refractivity (Wildman–Crippen MR) is 106 cm³/mol. The van der Waals surface area contributed by atoms with Gasteiger partial charge in [0.2, 0.25) is 0 Å². The second-order valence-electron chi connectivity index (χ2n) is 9.08. The van der Waals surface area contributed by atoms with E-state index in [4.69, 9.17) is 5.73 Å². The van der Waals surface area contributed by atoms with E-state index in [0.29, 0.717) is 43.6 Å². The van der Waals surface area contributed by atoms with Gasteiger partial charge in [0.05, 0.1) is 17.3 Å². The fourth-order valence-corrected chi connectivity index (χ4v) is 5.93. The van der Waals surface area contributed by atoms with Crippen LogP contribution in [-0.4, -0.2) is 45.5 Å². The number of primary amides is 1. The Balaban J connectivity index is 1.82. The van der Waals surface area contributed by atoms with Crippen LogP contribution >= 0.6 is 0 Å². The number of amides is 1. The molecule has 2 fully saturated rings. The largest absolute Gasteiger partial charge is 0.507 e. The lowest BCUT2D eigenvalue weighted by molar-refractivity contribution is -0.132. The fourth-order valence-electron chi connectivity index (χ4n) is 5.93. The lowest BCUT2D eigenvalue weighted by Gasteiger charge is -2.59. The van der Waals surface area contributed by atoms with Gasteiger partial charge in [-0.3, -0.25) is 4.79 Å². The summed E-state index contributed by atoms with van der Waals surface area (Å²) in [5.74, 6) is -0.144. The summed E-state index contributed by atoms with van der Waals surface area (Å²) in [5, 5.41) is 37.1. The number of hydrogen-bond donors (Lipinski definition) is 5. The molecule has 1 amide bonds. The number of fused-ring (bicyclic) bond motifs is 3. The molecule has 0 saturated heterocycles. The molecule has 6 heteroatoms. The van der Waals surface area contributed by atoms with Crippen molar-refractivity contribution in [3.05, 3.63) is 28.8 Å². The minimum Gasteiger partial charge on any atom is -0.507 e. The third-order valence-corrected chi connectivity index (χ3v) is 7.76. The number of carbonyl (C=O) groups is 1. The second kappa shape index (κ2) is 7.01.